The maximum Gasteiger partial charge on any atom is 0.243 e. The van der Waals surface area contributed by atoms with E-state index >= 15 is 0 Å². The third-order valence-corrected chi connectivity index (χ3v) is 7.69. The second kappa shape index (κ2) is 12.1. The molecular formula is C22H35N3O4S. The van der Waals surface area contributed by atoms with Crippen LogP contribution < -0.4 is 10.6 Å². The summed E-state index contributed by atoms with van der Waals surface area (Å²) in [5.74, 6) is 0.147. The minimum atomic E-state index is -3.46. The summed E-state index contributed by atoms with van der Waals surface area (Å²) in [6.45, 7) is 5.35. The van der Waals surface area contributed by atoms with Crippen LogP contribution in [0.15, 0.2) is 29.2 Å². The standard InChI is InChI=1S/C22H35N3O4S/c1-3-25(4-2)30(28,29)20-13-10-18(11-14-20)12-15-21(26)23-16-17-24-22(27)19-8-6-5-7-9-19/h10-11,13-14,19H,3-9,12,15-17H2,1-2H3,(H,23,26)(H,24,27). The molecule has 2 N–H and O–H groups in total. The largest absolute Gasteiger partial charge is 0.354 e. The lowest BCUT2D eigenvalue weighted by Crippen LogP contribution is -2.38. The molecule has 1 aromatic carbocycles. The predicted octanol–water partition coefficient (Wildman–Crippen LogP) is 2.46. The normalized spacial score (nSPS) is 15.2. The molecule has 0 aromatic heterocycles. The Labute approximate surface area is 180 Å². The van der Waals surface area contributed by atoms with Crippen molar-refractivity contribution in [3.8, 4) is 0 Å². The van der Waals surface area contributed by atoms with Crippen LogP contribution >= 0.6 is 0 Å². The third kappa shape index (κ3) is 7.09. The Morgan fingerprint density at radius 2 is 1.57 bits per heavy atom. The Morgan fingerprint density at radius 1 is 0.967 bits per heavy atom. The summed E-state index contributed by atoms with van der Waals surface area (Å²) < 4.78 is 26.4. The van der Waals surface area contributed by atoms with Crippen molar-refractivity contribution in [2.45, 2.75) is 63.7 Å². The smallest absolute Gasteiger partial charge is 0.243 e. The highest BCUT2D eigenvalue weighted by molar-refractivity contribution is 7.89. The van der Waals surface area contributed by atoms with Gasteiger partial charge in [-0.1, -0.05) is 45.2 Å². The van der Waals surface area contributed by atoms with E-state index in [1.165, 1.54) is 10.7 Å². The topological polar surface area (TPSA) is 95.6 Å². The number of benzene rings is 1. The van der Waals surface area contributed by atoms with Crippen molar-refractivity contribution in [2.75, 3.05) is 26.2 Å². The van der Waals surface area contributed by atoms with Gasteiger partial charge in [-0.05, 0) is 37.0 Å². The van der Waals surface area contributed by atoms with E-state index in [0.717, 1.165) is 31.2 Å². The minimum Gasteiger partial charge on any atom is -0.354 e. The van der Waals surface area contributed by atoms with Crippen LogP contribution in [0.3, 0.4) is 0 Å². The van der Waals surface area contributed by atoms with Crippen LogP contribution in [0.1, 0.15) is 57.9 Å². The van der Waals surface area contributed by atoms with Crippen LogP contribution in [-0.4, -0.2) is 50.7 Å². The summed E-state index contributed by atoms with van der Waals surface area (Å²) in [7, 11) is -3.46. The molecule has 0 aliphatic heterocycles. The summed E-state index contributed by atoms with van der Waals surface area (Å²) in [6, 6.07) is 6.71. The van der Waals surface area contributed by atoms with E-state index in [1.54, 1.807) is 24.3 Å². The van der Waals surface area contributed by atoms with Gasteiger partial charge in [-0.2, -0.15) is 4.31 Å². The van der Waals surface area contributed by atoms with Crippen molar-refractivity contribution in [3.63, 3.8) is 0 Å². The van der Waals surface area contributed by atoms with E-state index in [0.29, 0.717) is 39.0 Å². The molecule has 1 aliphatic carbocycles. The average Bonchev–Trinajstić information content (AvgIpc) is 2.76. The van der Waals surface area contributed by atoms with Gasteiger partial charge in [0.2, 0.25) is 21.8 Å². The van der Waals surface area contributed by atoms with Crippen LogP contribution in [0.2, 0.25) is 0 Å². The summed E-state index contributed by atoms with van der Waals surface area (Å²) in [6.07, 6.45) is 6.24. The first-order valence-electron chi connectivity index (χ1n) is 11.0. The highest BCUT2D eigenvalue weighted by atomic mass is 32.2. The number of carbonyl (C=O) groups excluding carboxylic acids is 2. The second-order valence-corrected chi connectivity index (χ2v) is 9.65. The number of aryl methyl sites for hydroxylation is 1. The molecule has 0 heterocycles. The van der Waals surface area contributed by atoms with Crippen LogP contribution in [0.25, 0.3) is 0 Å². The lowest BCUT2D eigenvalue weighted by molar-refractivity contribution is -0.126. The summed E-state index contributed by atoms with van der Waals surface area (Å²) in [5, 5.41) is 5.73. The summed E-state index contributed by atoms with van der Waals surface area (Å²) >= 11 is 0. The van der Waals surface area contributed by atoms with Gasteiger partial charge in [0.15, 0.2) is 0 Å². The molecule has 30 heavy (non-hydrogen) atoms. The summed E-state index contributed by atoms with van der Waals surface area (Å²) in [5.41, 5.74) is 0.911. The molecule has 7 nitrogen and oxygen atoms in total. The lowest BCUT2D eigenvalue weighted by atomic mass is 9.89. The van der Waals surface area contributed by atoms with Crippen molar-refractivity contribution in [1.82, 2.24) is 14.9 Å². The SMILES string of the molecule is CCN(CC)S(=O)(=O)c1ccc(CCC(=O)NCCNC(=O)C2CCCCC2)cc1. The zero-order valence-electron chi connectivity index (χ0n) is 18.2. The van der Waals surface area contributed by atoms with Gasteiger partial charge >= 0.3 is 0 Å². The van der Waals surface area contributed by atoms with E-state index in [-0.39, 0.29) is 22.6 Å². The van der Waals surface area contributed by atoms with Crippen molar-refractivity contribution in [1.29, 1.82) is 0 Å². The van der Waals surface area contributed by atoms with Crippen molar-refractivity contribution >= 4 is 21.8 Å². The maximum atomic E-state index is 12.5. The van der Waals surface area contributed by atoms with Crippen molar-refractivity contribution in [3.05, 3.63) is 29.8 Å². The van der Waals surface area contributed by atoms with Crippen molar-refractivity contribution in [2.24, 2.45) is 5.92 Å². The number of rotatable bonds is 11. The molecule has 168 valence electrons. The molecule has 1 saturated carbocycles. The molecule has 0 saturated heterocycles. The number of nitrogens with zero attached hydrogens (tertiary/aromatic N) is 1. The Balaban J connectivity index is 1.70. The van der Waals surface area contributed by atoms with Crippen molar-refractivity contribution < 1.29 is 18.0 Å². The number of amides is 2. The highest BCUT2D eigenvalue weighted by Gasteiger charge is 2.21. The molecule has 1 fully saturated rings. The zero-order valence-corrected chi connectivity index (χ0v) is 19.0. The van der Waals surface area contributed by atoms with E-state index < -0.39 is 10.0 Å². The molecule has 0 spiro atoms. The molecule has 0 radical (unpaired) electrons. The molecule has 1 aliphatic rings. The quantitative estimate of drug-likeness (QED) is 0.520. The Hall–Kier alpha value is -1.93. The first kappa shape index (κ1) is 24.3. The van der Waals surface area contributed by atoms with Gasteiger partial charge in [-0.3, -0.25) is 9.59 Å². The summed E-state index contributed by atoms with van der Waals surface area (Å²) in [4.78, 5) is 24.4. The first-order chi connectivity index (χ1) is 14.4. The number of nitrogens with one attached hydrogen (secondary N) is 2. The molecule has 0 bridgehead atoms. The highest BCUT2D eigenvalue weighted by Crippen LogP contribution is 2.23. The molecule has 0 atom stereocenters. The zero-order chi connectivity index (χ0) is 22.0. The molecular weight excluding hydrogens is 402 g/mol. The second-order valence-electron chi connectivity index (χ2n) is 7.71. The van der Waals surface area contributed by atoms with E-state index in [4.69, 9.17) is 0 Å². The molecule has 2 rings (SSSR count). The van der Waals surface area contributed by atoms with Crippen LogP contribution in [-0.2, 0) is 26.0 Å². The van der Waals surface area contributed by atoms with Crippen LogP contribution in [0.4, 0.5) is 0 Å². The Bertz CT molecular complexity index is 783. The Morgan fingerprint density at radius 3 is 2.17 bits per heavy atom. The molecule has 8 heteroatoms. The predicted molar refractivity (Wildman–Crippen MR) is 117 cm³/mol. The third-order valence-electron chi connectivity index (χ3n) is 5.63. The maximum absolute atomic E-state index is 12.5. The van der Waals surface area contributed by atoms with Gasteiger partial charge in [-0.15, -0.1) is 0 Å². The van der Waals surface area contributed by atoms with Gasteiger partial charge < -0.3 is 10.6 Å². The fraction of sp³-hybridized carbons (Fsp3) is 0.636. The number of sulfonamides is 1. The van der Waals surface area contributed by atoms with Crippen LogP contribution in [0, 0.1) is 5.92 Å². The Kier molecular flexibility index (Phi) is 9.78. The molecule has 0 unspecified atom stereocenters. The lowest BCUT2D eigenvalue weighted by Gasteiger charge is -2.20. The minimum absolute atomic E-state index is 0.0817. The van der Waals surface area contributed by atoms with Gasteiger partial charge in [0.05, 0.1) is 4.90 Å². The average molecular weight is 438 g/mol. The van der Waals surface area contributed by atoms with E-state index in [9.17, 15) is 18.0 Å². The van der Waals surface area contributed by atoms with Gasteiger partial charge in [-0.25, -0.2) is 8.42 Å². The fourth-order valence-electron chi connectivity index (χ4n) is 3.78. The van der Waals surface area contributed by atoms with E-state index in [2.05, 4.69) is 10.6 Å². The van der Waals surface area contributed by atoms with E-state index in [1.807, 2.05) is 13.8 Å². The number of hydrogen-bond donors (Lipinski definition) is 2. The van der Waals surface area contributed by atoms with Crippen LogP contribution in [0.5, 0.6) is 0 Å². The monoisotopic (exact) mass is 437 g/mol. The van der Waals surface area contributed by atoms with Gasteiger partial charge in [0.25, 0.3) is 0 Å². The molecule has 1 aromatic rings. The number of carbonyl (C=O) groups is 2. The van der Waals surface area contributed by atoms with Gasteiger partial charge in [0, 0.05) is 38.5 Å². The first-order valence-corrected chi connectivity index (χ1v) is 12.5. The van der Waals surface area contributed by atoms with Gasteiger partial charge in [0.1, 0.15) is 0 Å². The molecule has 2 amide bonds. The fourth-order valence-corrected chi connectivity index (χ4v) is 5.24. The number of hydrogen-bond acceptors (Lipinski definition) is 4.